The number of nitrogens with zero attached hydrogens (tertiary/aromatic N) is 2. The predicted octanol–water partition coefficient (Wildman–Crippen LogP) is 3.36. The van der Waals surface area contributed by atoms with Crippen LogP contribution in [0, 0.1) is 33.1 Å². The maximum Gasteiger partial charge on any atom is 0.292 e. The summed E-state index contributed by atoms with van der Waals surface area (Å²) in [5, 5.41) is 22.1. The van der Waals surface area contributed by atoms with Gasteiger partial charge in [-0.05, 0) is 18.2 Å². The van der Waals surface area contributed by atoms with Crippen LogP contribution in [0.2, 0.25) is 0 Å². The normalized spacial score (nSPS) is 9.95. The number of halogens is 2. The van der Waals surface area contributed by atoms with Gasteiger partial charge in [-0.3, -0.25) is 10.1 Å². The molecule has 106 valence electrons. The molecule has 21 heavy (non-hydrogen) atoms. The summed E-state index contributed by atoms with van der Waals surface area (Å²) in [5.41, 5.74) is 0.0507. The van der Waals surface area contributed by atoms with Crippen molar-refractivity contribution in [1.82, 2.24) is 0 Å². The molecule has 0 fully saturated rings. The molecule has 0 heterocycles. The van der Waals surface area contributed by atoms with Gasteiger partial charge in [-0.1, -0.05) is 6.07 Å². The van der Waals surface area contributed by atoms with Gasteiger partial charge in [0.05, 0.1) is 16.6 Å². The number of anilines is 1. The van der Waals surface area contributed by atoms with Gasteiger partial charge < -0.3 is 5.32 Å². The summed E-state index contributed by atoms with van der Waals surface area (Å²) in [5.74, 6) is -1.25. The molecule has 0 radical (unpaired) electrons. The lowest BCUT2D eigenvalue weighted by molar-refractivity contribution is -0.384. The average Bonchev–Trinajstić information content (AvgIpc) is 2.45. The van der Waals surface area contributed by atoms with Crippen molar-refractivity contribution in [2.45, 2.75) is 6.54 Å². The maximum absolute atomic E-state index is 13.7. The molecule has 0 spiro atoms. The number of nitriles is 1. The summed E-state index contributed by atoms with van der Waals surface area (Å²) in [7, 11) is 0. The summed E-state index contributed by atoms with van der Waals surface area (Å²) in [4.78, 5) is 10.2. The second-order valence-corrected chi connectivity index (χ2v) is 4.19. The number of nitrogens with one attached hydrogen (secondary N) is 1. The van der Waals surface area contributed by atoms with Gasteiger partial charge in [0.25, 0.3) is 5.69 Å². The zero-order chi connectivity index (χ0) is 15.4. The fourth-order valence-corrected chi connectivity index (χ4v) is 1.76. The molecular weight excluding hydrogens is 280 g/mol. The second kappa shape index (κ2) is 5.96. The van der Waals surface area contributed by atoms with E-state index in [1.54, 1.807) is 6.07 Å². The Labute approximate surface area is 118 Å². The molecule has 0 atom stereocenters. The second-order valence-electron chi connectivity index (χ2n) is 4.19. The molecule has 7 heteroatoms. The van der Waals surface area contributed by atoms with E-state index in [0.29, 0.717) is 0 Å². The third-order valence-corrected chi connectivity index (χ3v) is 2.81. The highest BCUT2D eigenvalue weighted by molar-refractivity contribution is 5.61. The lowest BCUT2D eigenvalue weighted by Crippen LogP contribution is -2.05. The van der Waals surface area contributed by atoms with E-state index in [1.807, 2.05) is 0 Å². The molecule has 0 aliphatic rings. The summed E-state index contributed by atoms with van der Waals surface area (Å²) in [6.07, 6.45) is 0. The van der Waals surface area contributed by atoms with Crippen LogP contribution in [0.5, 0.6) is 0 Å². The minimum atomic E-state index is -0.656. The summed E-state index contributed by atoms with van der Waals surface area (Å²) < 4.78 is 26.8. The summed E-state index contributed by atoms with van der Waals surface area (Å²) in [6, 6.07) is 8.68. The first-order valence-electron chi connectivity index (χ1n) is 5.87. The fourth-order valence-electron chi connectivity index (χ4n) is 1.76. The fraction of sp³-hybridized carbons (Fsp3) is 0.0714. The SMILES string of the molecule is N#Cc1ccc(CNc2cc(F)ccc2[N+](=O)[O-])c(F)c1. The Kier molecular flexibility index (Phi) is 4.09. The highest BCUT2D eigenvalue weighted by Crippen LogP contribution is 2.25. The molecule has 2 rings (SSSR count). The van der Waals surface area contributed by atoms with Crippen LogP contribution in [0.4, 0.5) is 20.2 Å². The molecule has 0 unspecified atom stereocenters. The number of benzene rings is 2. The first-order valence-corrected chi connectivity index (χ1v) is 5.87. The van der Waals surface area contributed by atoms with Crippen molar-refractivity contribution in [3.8, 4) is 6.07 Å². The molecule has 0 aliphatic heterocycles. The molecule has 0 bridgehead atoms. The molecule has 0 aliphatic carbocycles. The molecule has 5 nitrogen and oxygen atoms in total. The zero-order valence-corrected chi connectivity index (χ0v) is 10.6. The molecule has 0 saturated carbocycles. The van der Waals surface area contributed by atoms with E-state index in [0.717, 1.165) is 24.3 Å². The Balaban J connectivity index is 2.22. The number of nitro groups is 1. The Bertz CT molecular complexity index is 741. The smallest absolute Gasteiger partial charge is 0.292 e. The Morgan fingerprint density at radius 1 is 1.24 bits per heavy atom. The number of nitro benzene ring substituents is 1. The number of rotatable bonds is 4. The quantitative estimate of drug-likeness (QED) is 0.691. The van der Waals surface area contributed by atoms with Crippen LogP contribution in [0.25, 0.3) is 0 Å². The largest absolute Gasteiger partial charge is 0.375 e. The number of hydrogen-bond acceptors (Lipinski definition) is 4. The van der Waals surface area contributed by atoms with Gasteiger partial charge >= 0.3 is 0 Å². The first-order chi connectivity index (χ1) is 10.0. The van der Waals surface area contributed by atoms with E-state index >= 15 is 0 Å². The van der Waals surface area contributed by atoms with Crippen LogP contribution in [0.3, 0.4) is 0 Å². The summed E-state index contributed by atoms with van der Waals surface area (Å²) in [6.45, 7) is -0.0676. The van der Waals surface area contributed by atoms with Crippen molar-refractivity contribution in [1.29, 1.82) is 5.26 Å². The van der Waals surface area contributed by atoms with Crippen LogP contribution in [0.15, 0.2) is 36.4 Å². The first kappa shape index (κ1) is 14.4. The van der Waals surface area contributed by atoms with Gasteiger partial charge in [0.2, 0.25) is 0 Å². The summed E-state index contributed by atoms with van der Waals surface area (Å²) >= 11 is 0. The van der Waals surface area contributed by atoms with Gasteiger partial charge in [0, 0.05) is 24.2 Å². The molecule has 1 N–H and O–H groups in total. The average molecular weight is 289 g/mol. The highest BCUT2D eigenvalue weighted by atomic mass is 19.1. The predicted molar refractivity (Wildman–Crippen MR) is 71.5 cm³/mol. The standard InChI is InChI=1S/C14H9F2N3O2/c15-11-3-4-14(19(20)21)13(6-11)18-8-10-2-1-9(7-17)5-12(10)16/h1-6,18H,8H2. The minimum Gasteiger partial charge on any atom is -0.375 e. The van der Waals surface area contributed by atoms with Gasteiger partial charge in [-0.15, -0.1) is 0 Å². The van der Waals surface area contributed by atoms with E-state index in [1.165, 1.54) is 12.1 Å². The molecular formula is C14H9F2N3O2. The van der Waals surface area contributed by atoms with Crippen molar-refractivity contribution in [2.75, 3.05) is 5.32 Å². The van der Waals surface area contributed by atoms with E-state index in [-0.39, 0.29) is 29.0 Å². The third kappa shape index (κ3) is 3.30. The van der Waals surface area contributed by atoms with Crippen molar-refractivity contribution < 1.29 is 13.7 Å². The van der Waals surface area contributed by atoms with Crippen LogP contribution in [-0.4, -0.2) is 4.92 Å². The molecule has 2 aromatic rings. The van der Waals surface area contributed by atoms with Gasteiger partial charge in [-0.2, -0.15) is 5.26 Å². The lowest BCUT2D eigenvalue weighted by Gasteiger charge is -2.08. The van der Waals surface area contributed by atoms with E-state index in [9.17, 15) is 18.9 Å². The van der Waals surface area contributed by atoms with E-state index in [2.05, 4.69) is 5.32 Å². The van der Waals surface area contributed by atoms with Crippen LogP contribution < -0.4 is 5.32 Å². The third-order valence-electron chi connectivity index (χ3n) is 2.81. The molecule has 2 aromatic carbocycles. The molecule has 0 saturated heterocycles. The van der Waals surface area contributed by atoms with Crippen molar-refractivity contribution in [3.05, 3.63) is 69.3 Å². The van der Waals surface area contributed by atoms with E-state index < -0.39 is 16.6 Å². The Morgan fingerprint density at radius 3 is 2.62 bits per heavy atom. The van der Waals surface area contributed by atoms with Crippen LogP contribution in [-0.2, 0) is 6.54 Å². The van der Waals surface area contributed by atoms with Crippen molar-refractivity contribution in [3.63, 3.8) is 0 Å². The van der Waals surface area contributed by atoms with E-state index in [4.69, 9.17) is 5.26 Å². The van der Waals surface area contributed by atoms with Gasteiger partial charge in [-0.25, -0.2) is 8.78 Å². The van der Waals surface area contributed by atoms with Crippen LogP contribution >= 0.6 is 0 Å². The minimum absolute atomic E-state index is 0.0382. The van der Waals surface area contributed by atoms with Crippen LogP contribution in [0.1, 0.15) is 11.1 Å². The zero-order valence-electron chi connectivity index (χ0n) is 10.6. The maximum atomic E-state index is 13.7. The molecule has 0 aromatic heterocycles. The van der Waals surface area contributed by atoms with Crippen molar-refractivity contribution in [2.24, 2.45) is 0 Å². The Hall–Kier alpha value is -3.01. The molecule has 0 amide bonds. The van der Waals surface area contributed by atoms with Gasteiger partial charge in [0.15, 0.2) is 0 Å². The Morgan fingerprint density at radius 2 is 2.00 bits per heavy atom. The monoisotopic (exact) mass is 289 g/mol. The topological polar surface area (TPSA) is 79.0 Å². The van der Waals surface area contributed by atoms with Gasteiger partial charge in [0.1, 0.15) is 17.3 Å². The number of hydrogen-bond donors (Lipinski definition) is 1. The van der Waals surface area contributed by atoms with Crippen molar-refractivity contribution >= 4 is 11.4 Å². The lowest BCUT2D eigenvalue weighted by atomic mass is 10.1. The highest BCUT2D eigenvalue weighted by Gasteiger charge is 2.14.